The molecule has 0 bridgehead atoms. The summed E-state index contributed by atoms with van der Waals surface area (Å²) in [5.41, 5.74) is 1.67. The lowest BCUT2D eigenvalue weighted by Crippen LogP contribution is -2.62. The zero-order valence-corrected chi connectivity index (χ0v) is 16.9. The maximum absolute atomic E-state index is 12.7. The maximum Gasteiger partial charge on any atom is 0.237 e. The summed E-state index contributed by atoms with van der Waals surface area (Å²) in [6, 6.07) is -0.287. The highest BCUT2D eigenvalue weighted by atomic mass is 16.2. The van der Waals surface area contributed by atoms with E-state index in [1.165, 1.54) is 0 Å². The van der Waals surface area contributed by atoms with Crippen molar-refractivity contribution < 1.29 is 9.59 Å². The Balaban J connectivity index is 1.67. The predicted molar refractivity (Wildman–Crippen MR) is 107 cm³/mol. The fourth-order valence-corrected chi connectivity index (χ4v) is 4.15. The van der Waals surface area contributed by atoms with Crippen LogP contribution < -0.4 is 10.6 Å². The van der Waals surface area contributed by atoms with Gasteiger partial charge in [-0.1, -0.05) is 13.8 Å². The number of aromatic nitrogens is 2. The van der Waals surface area contributed by atoms with Crippen LogP contribution in [-0.2, 0) is 21.5 Å². The first-order valence-corrected chi connectivity index (χ1v) is 10.2. The second kappa shape index (κ2) is 8.78. The van der Waals surface area contributed by atoms with Crippen molar-refractivity contribution in [2.24, 2.45) is 5.92 Å². The first-order valence-electron chi connectivity index (χ1n) is 10.2. The quantitative estimate of drug-likeness (QED) is 0.509. The zero-order valence-electron chi connectivity index (χ0n) is 16.9. The zero-order chi connectivity index (χ0) is 20.1. The normalized spacial score (nSPS) is 20.6. The SMILES string of the molecule is C#CCCCC(=O)N1CCC2(CC1)N[C@H](C(=O)NCC(C)C)Cc1[nH]cnc12. The number of hydrogen-bond donors (Lipinski definition) is 3. The number of piperidine rings is 1. The Bertz CT molecular complexity index is 740. The van der Waals surface area contributed by atoms with E-state index in [2.05, 4.69) is 40.4 Å². The van der Waals surface area contributed by atoms with Crippen LogP contribution in [0.4, 0.5) is 0 Å². The van der Waals surface area contributed by atoms with Crippen molar-refractivity contribution in [2.75, 3.05) is 19.6 Å². The summed E-state index contributed by atoms with van der Waals surface area (Å²) in [6.07, 6.45) is 11.0. The van der Waals surface area contributed by atoms with Crippen LogP contribution in [0.5, 0.6) is 0 Å². The number of H-pyrrole nitrogens is 1. The molecule has 28 heavy (non-hydrogen) atoms. The van der Waals surface area contributed by atoms with Gasteiger partial charge in [0.05, 0.1) is 23.6 Å². The number of likely N-dealkylation sites (tertiary alicyclic amines) is 1. The van der Waals surface area contributed by atoms with E-state index in [9.17, 15) is 9.59 Å². The molecule has 1 spiro atoms. The molecule has 7 heteroatoms. The third-order valence-corrected chi connectivity index (χ3v) is 5.71. The molecule has 3 heterocycles. The van der Waals surface area contributed by atoms with Gasteiger partial charge in [0.25, 0.3) is 0 Å². The number of amides is 2. The van der Waals surface area contributed by atoms with Crippen LogP contribution in [-0.4, -0.2) is 52.4 Å². The van der Waals surface area contributed by atoms with Crippen LogP contribution in [0.3, 0.4) is 0 Å². The van der Waals surface area contributed by atoms with Gasteiger partial charge in [0.15, 0.2) is 0 Å². The molecule has 1 fully saturated rings. The van der Waals surface area contributed by atoms with Crippen molar-refractivity contribution >= 4 is 11.8 Å². The Morgan fingerprint density at radius 3 is 2.86 bits per heavy atom. The van der Waals surface area contributed by atoms with Gasteiger partial charge in [-0.3, -0.25) is 14.9 Å². The van der Waals surface area contributed by atoms with Gasteiger partial charge >= 0.3 is 0 Å². The topological polar surface area (TPSA) is 90.1 Å². The van der Waals surface area contributed by atoms with Gasteiger partial charge < -0.3 is 15.2 Å². The van der Waals surface area contributed by atoms with Crippen molar-refractivity contribution in [3.63, 3.8) is 0 Å². The fourth-order valence-electron chi connectivity index (χ4n) is 4.15. The van der Waals surface area contributed by atoms with Crippen molar-refractivity contribution in [3.8, 4) is 12.3 Å². The first kappa shape index (κ1) is 20.4. The molecule has 1 aromatic rings. The van der Waals surface area contributed by atoms with E-state index in [0.29, 0.717) is 44.8 Å². The third kappa shape index (κ3) is 4.39. The molecule has 152 valence electrons. The van der Waals surface area contributed by atoms with Crippen molar-refractivity contribution in [1.82, 2.24) is 25.5 Å². The van der Waals surface area contributed by atoms with Gasteiger partial charge in [-0.05, 0) is 25.2 Å². The summed E-state index contributed by atoms with van der Waals surface area (Å²) in [6.45, 7) is 6.15. The molecule has 0 aromatic carbocycles. The number of imidazole rings is 1. The van der Waals surface area contributed by atoms with E-state index in [1.54, 1.807) is 6.33 Å². The molecule has 3 N–H and O–H groups in total. The van der Waals surface area contributed by atoms with E-state index >= 15 is 0 Å². The summed E-state index contributed by atoms with van der Waals surface area (Å²) >= 11 is 0. The van der Waals surface area contributed by atoms with Crippen LogP contribution in [0.2, 0.25) is 0 Å². The van der Waals surface area contributed by atoms with E-state index in [-0.39, 0.29) is 23.4 Å². The van der Waals surface area contributed by atoms with Crippen LogP contribution in [0.15, 0.2) is 6.33 Å². The van der Waals surface area contributed by atoms with Crippen molar-refractivity contribution in [2.45, 2.75) is 64.0 Å². The van der Waals surface area contributed by atoms with Gasteiger partial charge in [-0.15, -0.1) is 12.3 Å². The van der Waals surface area contributed by atoms with E-state index in [0.717, 1.165) is 30.7 Å². The predicted octanol–water partition coefficient (Wildman–Crippen LogP) is 1.32. The van der Waals surface area contributed by atoms with E-state index < -0.39 is 0 Å². The molecule has 0 aliphatic carbocycles. The van der Waals surface area contributed by atoms with Crippen LogP contribution >= 0.6 is 0 Å². The number of fused-ring (bicyclic) bond motifs is 2. The molecule has 0 unspecified atom stereocenters. The van der Waals surface area contributed by atoms with Gasteiger partial charge in [-0.25, -0.2) is 4.98 Å². The molecule has 2 aliphatic rings. The average Bonchev–Trinajstić information content (AvgIpc) is 3.16. The number of carbonyl (C=O) groups excluding carboxylic acids is 2. The van der Waals surface area contributed by atoms with Crippen LogP contribution in [0.25, 0.3) is 0 Å². The lowest BCUT2D eigenvalue weighted by molar-refractivity contribution is -0.134. The number of terminal acetylenes is 1. The number of nitrogens with zero attached hydrogens (tertiary/aromatic N) is 2. The average molecular weight is 386 g/mol. The van der Waals surface area contributed by atoms with Crippen LogP contribution in [0, 0.1) is 18.3 Å². The molecule has 1 saturated heterocycles. The number of aromatic amines is 1. The molecule has 1 atom stereocenters. The lowest BCUT2D eigenvalue weighted by atomic mass is 9.78. The van der Waals surface area contributed by atoms with Gasteiger partial charge in [0, 0.05) is 44.6 Å². The number of hydrogen-bond acceptors (Lipinski definition) is 4. The summed E-state index contributed by atoms with van der Waals surface area (Å²) in [4.78, 5) is 34.8. The lowest BCUT2D eigenvalue weighted by Gasteiger charge is -2.46. The smallest absolute Gasteiger partial charge is 0.237 e. The summed E-state index contributed by atoms with van der Waals surface area (Å²) in [5, 5.41) is 6.62. The summed E-state index contributed by atoms with van der Waals surface area (Å²) in [7, 11) is 0. The molecule has 2 amide bonds. The number of nitrogens with one attached hydrogen (secondary N) is 3. The Kier molecular flexibility index (Phi) is 6.40. The summed E-state index contributed by atoms with van der Waals surface area (Å²) in [5.74, 6) is 3.18. The molecule has 0 radical (unpaired) electrons. The molecule has 2 aliphatic heterocycles. The van der Waals surface area contributed by atoms with Gasteiger partial charge in [0.2, 0.25) is 11.8 Å². The Hall–Kier alpha value is -2.33. The Labute approximate surface area is 167 Å². The molecule has 7 nitrogen and oxygen atoms in total. The van der Waals surface area contributed by atoms with Gasteiger partial charge in [-0.2, -0.15) is 0 Å². The molecular weight excluding hydrogens is 354 g/mol. The van der Waals surface area contributed by atoms with E-state index in [1.807, 2.05) is 4.90 Å². The van der Waals surface area contributed by atoms with Crippen molar-refractivity contribution in [1.29, 1.82) is 0 Å². The number of rotatable bonds is 6. The second-order valence-corrected chi connectivity index (χ2v) is 8.29. The van der Waals surface area contributed by atoms with Crippen LogP contribution in [0.1, 0.15) is 57.3 Å². The Morgan fingerprint density at radius 2 is 2.18 bits per heavy atom. The molecule has 0 saturated carbocycles. The highest BCUT2D eigenvalue weighted by Gasteiger charge is 2.46. The molecular formula is C21H31N5O2. The third-order valence-electron chi connectivity index (χ3n) is 5.71. The van der Waals surface area contributed by atoms with Gasteiger partial charge in [0.1, 0.15) is 0 Å². The van der Waals surface area contributed by atoms with E-state index in [4.69, 9.17) is 6.42 Å². The highest BCUT2D eigenvalue weighted by molar-refractivity contribution is 5.82. The number of unbranched alkanes of at least 4 members (excludes halogenated alkanes) is 1. The monoisotopic (exact) mass is 385 g/mol. The highest BCUT2D eigenvalue weighted by Crippen LogP contribution is 2.37. The minimum absolute atomic E-state index is 0.0288. The minimum atomic E-state index is -0.358. The number of carbonyl (C=O) groups is 2. The Morgan fingerprint density at radius 1 is 1.43 bits per heavy atom. The molecule has 1 aromatic heterocycles. The summed E-state index contributed by atoms with van der Waals surface area (Å²) < 4.78 is 0. The second-order valence-electron chi connectivity index (χ2n) is 8.29. The van der Waals surface area contributed by atoms with Crippen molar-refractivity contribution in [3.05, 3.63) is 17.7 Å². The standard InChI is InChI=1S/C21H31N5O2/c1-4-5-6-7-18(27)26-10-8-21(9-11-26)19-16(23-14-24-19)12-17(25-21)20(28)22-13-15(2)3/h1,14-15,17,25H,5-13H2,2-3H3,(H,22,28)(H,23,24)/t17-/m0/s1. The first-order chi connectivity index (χ1) is 13.4. The minimum Gasteiger partial charge on any atom is -0.354 e. The maximum atomic E-state index is 12.7. The fraction of sp³-hybridized carbons (Fsp3) is 0.667. The molecule has 3 rings (SSSR count). The largest absolute Gasteiger partial charge is 0.354 e.